The van der Waals surface area contributed by atoms with E-state index in [2.05, 4.69) is 23.9 Å². The molecule has 0 aliphatic carbocycles. The Morgan fingerprint density at radius 2 is 2.06 bits per heavy atom. The minimum absolute atomic E-state index is 0.157. The monoisotopic (exact) mass is 250 g/mol. The summed E-state index contributed by atoms with van der Waals surface area (Å²) in [6.07, 6.45) is 2.64. The molecule has 1 atom stereocenters. The maximum absolute atomic E-state index is 12.8. The normalized spacial score (nSPS) is 21.4. The predicted molar refractivity (Wildman–Crippen MR) is 73.0 cm³/mol. The van der Waals surface area contributed by atoms with Gasteiger partial charge in [0.25, 0.3) is 0 Å². The zero-order valence-electron chi connectivity index (χ0n) is 11.4. The molecule has 1 heterocycles. The van der Waals surface area contributed by atoms with Gasteiger partial charge in [-0.15, -0.1) is 0 Å². The van der Waals surface area contributed by atoms with Gasteiger partial charge in [-0.2, -0.15) is 0 Å². The fraction of sp³-hybridized carbons (Fsp3) is 0.600. The van der Waals surface area contributed by atoms with Gasteiger partial charge in [-0.05, 0) is 57.1 Å². The maximum Gasteiger partial charge on any atom is 0.123 e. The molecule has 1 aliphatic rings. The van der Waals surface area contributed by atoms with E-state index >= 15 is 0 Å². The molecule has 1 aliphatic heterocycles. The number of piperidine rings is 1. The number of halogens is 1. The van der Waals surface area contributed by atoms with E-state index in [-0.39, 0.29) is 5.82 Å². The number of hydrogen-bond donors (Lipinski definition) is 0. The van der Waals surface area contributed by atoms with Gasteiger partial charge in [-0.3, -0.25) is 0 Å². The van der Waals surface area contributed by atoms with E-state index in [1.54, 1.807) is 0 Å². The molecular weight excluding hydrogens is 227 g/mol. The molecule has 18 heavy (non-hydrogen) atoms. The zero-order valence-corrected chi connectivity index (χ0v) is 11.4. The fourth-order valence-electron chi connectivity index (χ4n) is 2.83. The van der Waals surface area contributed by atoms with Crippen molar-refractivity contribution in [1.29, 1.82) is 0 Å². The Labute approximate surface area is 109 Å². The summed E-state index contributed by atoms with van der Waals surface area (Å²) in [6, 6.07) is 6.83. The lowest BCUT2D eigenvalue weighted by Gasteiger charge is -2.32. The molecule has 1 aromatic rings. The summed E-state index contributed by atoms with van der Waals surface area (Å²) < 4.78 is 12.8. The lowest BCUT2D eigenvalue weighted by Crippen LogP contribution is -2.37. The summed E-state index contributed by atoms with van der Waals surface area (Å²) in [5.41, 5.74) is 1.18. The molecular formula is C15H23FN2. The van der Waals surface area contributed by atoms with E-state index in [1.807, 2.05) is 12.1 Å². The smallest absolute Gasteiger partial charge is 0.123 e. The zero-order chi connectivity index (χ0) is 13.0. The quantitative estimate of drug-likeness (QED) is 0.810. The first kappa shape index (κ1) is 13.5. The van der Waals surface area contributed by atoms with Crippen LogP contribution in [0.5, 0.6) is 0 Å². The molecule has 0 aromatic heterocycles. The number of likely N-dealkylation sites (tertiary alicyclic amines) is 1. The van der Waals surface area contributed by atoms with Gasteiger partial charge in [0.15, 0.2) is 0 Å². The first-order valence-electron chi connectivity index (χ1n) is 6.75. The first-order chi connectivity index (χ1) is 8.63. The Morgan fingerprint density at radius 3 is 2.72 bits per heavy atom. The van der Waals surface area contributed by atoms with Crippen LogP contribution < -0.4 is 0 Å². The summed E-state index contributed by atoms with van der Waals surface area (Å²) in [6.45, 7) is 4.47. The van der Waals surface area contributed by atoms with Crippen LogP contribution in [0.1, 0.15) is 18.4 Å². The Kier molecular flexibility index (Phi) is 4.72. The highest BCUT2D eigenvalue weighted by Crippen LogP contribution is 2.16. The SMILES string of the molecule is CN1CCCC(CN(C)Cc2ccc(F)cc2)C1. The Morgan fingerprint density at radius 1 is 1.33 bits per heavy atom. The van der Waals surface area contributed by atoms with Crippen molar-refractivity contribution >= 4 is 0 Å². The highest BCUT2D eigenvalue weighted by molar-refractivity contribution is 5.15. The molecule has 2 nitrogen and oxygen atoms in total. The van der Waals surface area contributed by atoms with Crippen LogP contribution >= 0.6 is 0 Å². The molecule has 0 N–H and O–H groups in total. The van der Waals surface area contributed by atoms with E-state index in [4.69, 9.17) is 0 Å². The molecule has 1 aromatic carbocycles. The number of rotatable bonds is 4. The van der Waals surface area contributed by atoms with Crippen LogP contribution in [0.4, 0.5) is 4.39 Å². The van der Waals surface area contributed by atoms with Gasteiger partial charge < -0.3 is 9.80 Å². The first-order valence-corrected chi connectivity index (χ1v) is 6.75. The Hall–Kier alpha value is -0.930. The minimum Gasteiger partial charge on any atom is -0.306 e. The van der Waals surface area contributed by atoms with Crippen LogP contribution in [0.25, 0.3) is 0 Å². The number of hydrogen-bond acceptors (Lipinski definition) is 2. The van der Waals surface area contributed by atoms with E-state index in [1.165, 1.54) is 43.6 Å². The van der Waals surface area contributed by atoms with Crippen LogP contribution in [0.2, 0.25) is 0 Å². The summed E-state index contributed by atoms with van der Waals surface area (Å²) in [5.74, 6) is 0.615. The van der Waals surface area contributed by atoms with E-state index < -0.39 is 0 Å². The molecule has 1 saturated heterocycles. The van der Waals surface area contributed by atoms with Crippen molar-refractivity contribution in [1.82, 2.24) is 9.80 Å². The Bertz CT molecular complexity index is 363. The molecule has 3 heteroatoms. The van der Waals surface area contributed by atoms with E-state index in [9.17, 15) is 4.39 Å². The topological polar surface area (TPSA) is 6.48 Å². The van der Waals surface area contributed by atoms with Crippen LogP contribution in [-0.2, 0) is 6.54 Å². The summed E-state index contributed by atoms with van der Waals surface area (Å²) in [5, 5.41) is 0. The standard InChI is InChI=1S/C15H23FN2/c1-17-9-3-4-14(11-17)12-18(2)10-13-5-7-15(16)8-6-13/h5-8,14H,3-4,9-12H2,1-2H3. The molecule has 0 spiro atoms. The van der Waals surface area contributed by atoms with Gasteiger partial charge in [0, 0.05) is 19.6 Å². The average Bonchev–Trinajstić information content (AvgIpc) is 2.32. The van der Waals surface area contributed by atoms with Crippen molar-refractivity contribution in [2.45, 2.75) is 19.4 Å². The third-order valence-electron chi connectivity index (χ3n) is 3.66. The van der Waals surface area contributed by atoms with Gasteiger partial charge in [0.2, 0.25) is 0 Å². The number of nitrogens with zero attached hydrogens (tertiary/aromatic N) is 2. The summed E-state index contributed by atoms with van der Waals surface area (Å²) in [4.78, 5) is 4.76. The maximum atomic E-state index is 12.8. The molecule has 0 amide bonds. The van der Waals surface area contributed by atoms with Gasteiger partial charge in [0.1, 0.15) is 5.82 Å². The highest BCUT2D eigenvalue weighted by Gasteiger charge is 2.18. The van der Waals surface area contributed by atoms with Crippen molar-refractivity contribution in [3.05, 3.63) is 35.6 Å². The molecule has 0 radical (unpaired) electrons. The largest absolute Gasteiger partial charge is 0.306 e. The van der Waals surface area contributed by atoms with Crippen molar-refractivity contribution in [3.8, 4) is 0 Å². The van der Waals surface area contributed by atoms with Gasteiger partial charge in [-0.1, -0.05) is 12.1 Å². The third kappa shape index (κ3) is 4.07. The van der Waals surface area contributed by atoms with Crippen LogP contribution in [0.3, 0.4) is 0 Å². The highest BCUT2D eigenvalue weighted by atomic mass is 19.1. The van der Waals surface area contributed by atoms with E-state index in [0.29, 0.717) is 0 Å². The lowest BCUT2D eigenvalue weighted by atomic mass is 9.98. The van der Waals surface area contributed by atoms with Crippen molar-refractivity contribution in [2.75, 3.05) is 33.7 Å². The van der Waals surface area contributed by atoms with E-state index in [0.717, 1.165) is 19.0 Å². The second kappa shape index (κ2) is 6.30. The molecule has 0 bridgehead atoms. The van der Waals surface area contributed by atoms with Crippen molar-refractivity contribution < 1.29 is 4.39 Å². The Balaban J connectivity index is 1.81. The van der Waals surface area contributed by atoms with Gasteiger partial charge in [-0.25, -0.2) is 4.39 Å². The van der Waals surface area contributed by atoms with Crippen molar-refractivity contribution in [3.63, 3.8) is 0 Å². The minimum atomic E-state index is -0.157. The molecule has 0 saturated carbocycles. The van der Waals surface area contributed by atoms with Gasteiger partial charge >= 0.3 is 0 Å². The number of benzene rings is 1. The lowest BCUT2D eigenvalue weighted by molar-refractivity contribution is 0.163. The molecule has 100 valence electrons. The summed E-state index contributed by atoms with van der Waals surface area (Å²) in [7, 11) is 4.35. The average molecular weight is 250 g/mol. The van der Waals surface area contributed by atoms with Crippen molar-refractivity contribution in [2.24, 2.45) is 5.92 Å². The predicted octanol–water partition coefficient (Wildman–Crippen LogP) is 2.60. The molecule has 1 fully saturated rings. The summed E-state index contributed by atoms with van der Waals surface area (Å²) >= 11 is 0. The second-order valence-electron chi connectivity index (χ2n) is 5.59. The van der Waals surface area contributed by atoms with Crippen LogP contribution in [-0.4, -0.2) is 43.5 Å². The molecule has 2 rings (SSSR count). The molecule has 1 unspecified atom stereocenters. The van der Waals surface area contributed by atoms with Gasteiger partial charge in [0.05, 0.1) is 0 Å². The third-order valence-corrected chi connectivity index (χ3v) is 3.66. The second-order valence-corrected chi connectivity index (χ2v) is 5.59. The fourth-order valence-corrected chi connectivity index (χ4v) is 2.83. The van der Waals surface area contributed by atoms with Crippen LogP contribution in [0.15, 0.2) is 24.3 Å². The van der Waals surface area contributed by atoms with Crippen LogP contribution in [0, 0.1) is 11.7 Å².